The van der Waals surface area contributed by atoms with Crippen molar-refractivity contribution >= 4 is 5.97 Å². The molecule has 0 bridgehead atoms. The van der Waals surface area contributed by atoms with E-state index in [1.54, 1.807) is 0 Å². The van der Waals surface area contributed by atoms with E-state index in [0.717, 1.165) is 12.8 Å². The Morgan fingerprint density at radius 3 is 2.33 bits per heavy atom. The fraction of sp³-hybridized carbons (Fsp3) is 0.909. The van der Waals surface area contributed by atoms with E-state index in [4.69, 9.17) is 5.73 Å². The average Bonchev–Trinajstić information content (AvgIpc) is 2.13. The first-order chi connectivity index (χ1) is 6.88. The van der Waals surface area contributed by atoms with Crippen molar-refractivity contribution in [2.45, 2.75) is 50.7 Å². The molecule has 1 heterocycles. The van der Waals surface area contributed by atoms with Gasteiger partial charge >= 0.3 is 5.97 Å². The molecule has 1 unspecified atom stereocenters. The molecule has 0 saturated carbocycles. The van der Waals surface area contributed by atoms with Gasteiger partial charge in [-0.2, -0.15) is 0 Å². The first kappa shape index (κ1) is 12.5. The summed E-state index contributed by atoms with van der Waals surface area (Å²) in [5.74, 6) is -0.207. The van der Waals surface area contributed by atoms with E-state index in [1.165, 1.54) is 7.11 Å². The maximum absolute atomic E-state index is 11.3. The Bertz CT molecular complexity index is 231. The van der Waals surface area contributed by atoms with Gasteiger partial charge in [0, 0.05) is 17.6 Å². The Morgan fingerprint density at radius 1 is 1.47 bits per heavy atom. The lowest BCUT2D eigenvalue weighted by Crippen LogP contribution is -2.57. The molecular formula is C11H22N2O2. The van der Waals surface area contributed by atoms with Crippen molar-refractivity contribution in [1.29, 1.82) is 0 Å². The summed E-state index contributed by atoms with van der Waals surface area (Å²) in [6.07, 6.45) is 2.03. The van der Waals surface area contributed by atoms with Gasteiger partial charge in [0.05, 0.1) is 13.5 Å². The Morgan fingerprint density at radius 2 is 1.93 bits per heavy atom. The van der Waals surface area contributed by atoms with Crippen LogP contribution in [0.4, 0.5) is 0 Å². The number of rotatable bonds is 2. The van der Waals surface area contributed by atoms with Gasteiger partial charge in [-0.15, -0.1) is 0 Å². The lowest BCUT2D eigenvalue weighted by Gasteiger charge is -2.45. The van der Waals surface area contributed by atoms with Crippen molar-refractivity contribution in [2.24, 2.45) is 5.73 Å². The normalized spacial score (nSPS) is 37.7. The minimum absolute atomic E-state index is 0.207. The molecular weight excluding hydrogens is 192 g/mol. The molecule has 4 nitrogen and oxygen atoms in total. The molecule has 1 aliphatic rings. The number of piperidine rings is 1. The molecule has 15 heavy (non-hydrogen) atoms. The Kier molecular flexibility index (Phi) is 3.73. The van der Waals surface area contributed by atoms with Gasteiger partial charge in [-0.05, 0) is 33.7 Å². The van der Waals surface area contributed by atoms with Gasteiger partial charge in [0.1, 0.15) is 0 Å². The van der Waals surface area contributed by atoms with Crippen LogP contribution in [0.3, 0.4) is 0 Å². The highest BCUT2D eigenvalue weighted by molar-refractivity contribution is 5.70. The number of nitrogens with zero attached hydrogens (tertiary/aromatic N) is 1. The molecule has 0 amide bonds. The summed E-state index contributed by atoms with van der Waals surface area (Å²) in [6.45, 7) is 4.29. The number of carbonyl (C=O) groups is 1. The lowest BCUT2D eigenvalue weighted by atomic mass is 9.79. The molecule has 1 rings (SSSR count). The predicted octanol–water partition coefficient (Wildman–Crippen LogP) is 0.750. The molecule has 0 radical (unpaired) electrons. The lowest BCUT2D eigenvalue weighted by molar-refractivity contribution is -0.142. The fourth-order valence-corrected chi connectivity index (χ4v) is 2.49. The van der Waals surface area contributed by atoms with Crippen LogP contribution in [0.15, 0.2) is 0 Å². The Labute approximate surface area is 91.8 Å². The molecule has 0 aromatic rings. The quantitative estimate of drug-likeness (QED) is 0.689. The maximum Gasteiger partial charge on any atom is 0.307 e. The Balaban J connectivity index is 2.66. The number of likely N-dealkylation sites (tertiary alicyclic amines) is 1. The number of nitrogens with two attached hydrogens (primary N) is 1. The van der Waals surface area contributed by atoms with Gasteiger partial charge < -0.3 is 15.4 Å². The van der Waals surface area contributed by atoms with Gasteiger partial charge in [0.25, 0.3) is 0 Å². The standard InChI is InChI=1S/C11H22N2O2/c1-8-5-11(12,7-10(14)15-4)6-9(2)13(8)3/h8-9H,5-7,12H2,1-4H3/t8-,9+,11?. The third kappa shape index (κ3) is 2.92. The Hall–Kier alpha value is -0.610. The monoisotopic (exact) mass is 214 g/mol. The van der Waals surface area contributed by atoms with Crippen molar-refractivity contribution in [1.82, 2.24) is 4.90 Å². The number of methoxy groups -OCH3 is 1. The summed E-state index contributed by atoms with van der Waals surface area (Å²) < 4.78 is 4.68. The molecule has 88 valence electrons. The van der Waals surface area contributed by atoms with Crippen LogP contribution in [0.2, 0.25) is 0 Å². The second kappa shape index (κ2) is 4.49. The molecule has 1 fully saturated rings. The van der Waals surface area contributed by atoms with Crippen LogP contribution in [0.1, 0.15) is 33.1 Å². The number of hydrogen-bond acceptors (Lipinski definition) is 4. The number of carbonyl (C=O) groups excluding carboxylic acids is 1. The molecule has 0 aromatic carbocycles. The van der Waals surface area contributed by atoms with Crippen molar-refractivity contribution in [2.75, 3.05) is 14.2 Å². The van der Waals surface area contributed by atoms with E-state index < -0.39 is 5.54 Å². The van der Waals surface area contributed by atoms with Gasteiger partial charge in [0.2, 0.25) is 0 Å². The molecule has 1 saturated heterocycles. The van der Waals surface area contributed by atoms with E-state index in [2.05, 4.69) is 30.5 Å². The van der Waals surface area contributed by atoms with Gasteiger partial charge in [-0.3, -0.25) is 4.79 Å². The van der Waals surface area contributed by atoms with Crippen molar-refractivity contribution in [3.63, 3.8) is 0 Å². The molecule has 4 heteroatoms. The largest absolute Gasteiger partial charge is 0.469 e. The molecule has 0 aromatic heterocycles. The first-order valence-corrected chi connectivity index (χ1v) is 5.45. The van der Waals surface area contributed by atoms with E-state index in [1.807, 2.05) is 0 Å². The van der Waals surface area contributed by atoms with E-state index in [0.29, 0.717) is 18.5 Å². The van der Waals surface area contributed by atoms with Crippen LogP contribution >= 0.6 is 0 Å². The molecule has 1 aliphatic heterocycles. The SMILES string of the molecule is COC(=O)CC1(N)C[C@@H](C)N(C)[C@@H](C)C1. The van der Waals surface area contributed by atoms with Crippen molar-refractivity contribution < 1.29 is 9.53 Å². The van der Waals surface area contributed by atoms with Gasteiger partial charge in [-0.25, -0.2) is 0 Å². The molecule has 3 atom stereocenters. The smallest absolute Gasteiger partial charge is 0.307 e. The number of esters is 1. The zero-order chi connectivity index (χ0) is 11.6. The summed E-state index contributed by atoms with van der Waals surface area (Å²) in [6, 6.07) is 0.840. The van der Waals surface area contributed by atoms with Crippen LogP contribution in [0, 0.1) is 0 Å². The highest BCUT2D eigenvalue weighted by Gasteiger charge is 2.39. The highest BCUT2D eigenvalue weighted by Crippen LogP contribution is 2.30. The van der Waals surface area contributed by atoms with Gasteiger partial charge in [-0.1, -0.05) is 0 Å². The summed E-state index contributed by atoms with van der Waals surface area (Å²) in [5.41, 5.74) is 5.86. The zero-order valence-electron chi connectivity index (χ0n) is 10.1. The summed E-state index contributed by atoms with van der Waals surface area (Å²) in [7, 11) is 3.51. The minimum Gasteiger partial charge on any atom is -0.469 e. The second-order valence-corrected chi connectivity index (χ2v) is 4.89. The first-order valence-electron chi connectivity index (χ1n) is 5.45. The zero-order valence-corrected chi connectivity index (χ0v) is 10.1. The van der Waals surface area contributed by atoms with Crippen LogP contribution in [0.5, 0.6) is 0 Å². The molecule has 0 aliphatic carbocycles. The predicted molar refractivity (Wildman–Crippen MR) is 59.5 cm³/mol. The molecule has 0 spiro atoms. The fourth-order valence-electron chi connectivity index (χ4n) is 2.49. The second-order valence-electron chi connectivity index (χ2n) is 4.89. The summed E-state index contributed by atoms with van der Waals surface area (Å²) in [5, 5.41) is 0. The van der Waals surface area contributed by atoms with E-state index in [-0.39, 0.29) is 5.97 Å². The van der Waals surface area contributed by atoms with E-state index >= 15 is 0 Å². The molecule has 2 N–H and O–H groups in total. The van der Waals surface area contributed by atoms with Crippen LogP contribution in [-0.4, -0.2) is 42.6 Å². The van der Waals surface area contributed by atoms with Crippen LogP contribution in [-0.2, 0) is 9.53 Å². The highest BCUT2D eigenvalue weighted by atomic mass is 16.5. The minimum atomic E-state index is -0.390. The van der Waals surface area contributed by atoms with Crippen LogP contribution in [0.25, 0.3) is 0 Å². The van der Waals surface area contributed by atoms with Crippen molar-refractivity contribution in [3.8, 4) is 0 Å². The van der Waals surface area contributed by atoms with E-state index in [9.17, 15) is 4.79 Å². The number of ether oxygens (including phenoxy) is 1. The summed E-state index contributed by atoms with van der Waals surface area (Å²) >= 11 is 0. The third-order valence-electron chi connectivity index (χ3n) is 3.52. The van der Waals surface area contributed by atoms with Crippen LogP contribution < -0.4 is 5.73 Å². The average molecular weight is 214 g/mol. The number of hydrogen-bond donors (Lipinski definition) is 1. The topological polar surface area (TPSA) is 55.6 Å². The maximum atomic E-state index is 11.3. The van der Waals surface area contributed by atoms with Crippen molar-refractivity contribution in [3.05, 3.63) is 0 Å². The van der Waals surface area contributed by atoms with Gasteiger partial charge in [0.15, 0.2) is 0 Å². The third-order valence-corrected chi connectivity index (χ3v) is 3.52. The summed E-state index contributed by atoms with van der Waals surface area (Å²) in [4.78, 5) is 13.6.